The van der Waals surface area contributed by atoms with Crippen molar-refractivity contribution >= 4 is 5.97 Å². The molecule has 1 fully saturated rings. The molecule has 1 rings (SSSR count). The van der Waals surface area contributed by atoms with Gasteiger partial charge in [-0.15, -0.1) is 0 Å². The van der Waals surface area contributed by atoms with Crippen LogP contribution in [0.5, 0.6) is 0 Å². The lowest BCUT2D eigenvalue weighted by Crippen LogP contribution is -2.52. The summed E-state index contributed by atoms with van der Waals surface area (Å²) in [4.78, 5) is 14.2. The number of aliphatic carboxylic acids is 1. The molecule has 0 saturated carbocycles. The molecule has 0 aromatic carbocycles. The lowest BCUT2D eigenvalue weighted by molar-refractivity contribution is -0.144. The second-order valence-corrected chi connectivity index (χ2v) is 4.26. The first-order valence-corrected chi connectivity index (χ1v) is 5.55. The van der Waals surface area contributed by atoms with E-state index in [1.54, 1.807) is 16.7 Å². The molecule has 1 aliphatic heterocycles. The predicted octanol–water partition coefficient (Wildman–Crippen LogP) is 1.03. The van der Waals surface area contributed by atoms with Crippen molar-refractivity contribution in [3.8, 4) is 0 Å². The van der Waals surface area contributed by atoms with Crippen molar-refractivity contribution in [1.82, 2.24) is 9.80 Å². The van der Waals surface area contributed by atoms with E-state index in [0.717, 1.165) is 0 Å². The summed E-state index contributed by atoms with van der Waals surface area (Å²) in [6, 6.07) is -0.570. The molecule has 17 heavy (non-hydrogen) atoms. The number of carboxylic acids is 1. The number of halogens is 3. The molecule has 1 heterocycles. The van der Waals surface area contributed by atoms with Crippen LogP contribution in [-0.2, 0) is 4.79 Å². The van der Waals surface area contributed by atoms with Gasteiger partial charge in [0.05, 0.1) is 6.42 Å². The normalized spacial score (nSPS) is 21.4. The highest BCUT2D eigenvalue weighted by Crippen LogP contribution is 2.20. The molecular weight excluding hydrogens is 237 g/mol. The van der Waals surface area contributed by atoms with E-state index in [4.69, 9.17) is 5.11 Å². The van der Waals surface area contributed by atoms with Gasteiger partial charge in [-0.25, -0.2) is 0 Å². The smallest absolute Gasteiger partial charge is 0.390 e. The lowest BCUT2D eigenvalue weighted by Gasteiger charge is -2.36. The van der Waals surface area contributed by atoms with Crippen molar-refractivity contribution in [3.05, 3.63) is 0 Å². The molecule has 0 bridgehead atoms. The second-order valence-electron chi connectivity index (χ2n) is 4.26. The maximum Gasteiger partial charge on any atom is 0.390 e. The molecule has 0 aromatic heterocycles. The van der Waals surface area contributed by atoms with Crippen LogP contribution < -0.4 is 0 Å². The number of hydrogen-bond donors (Lipinski definition) is 1. The van der Waals surface area contributed by atoms with E-state index < -0.39 is 24.6 Å². The summed E-state index contributed by atoms with van der Waals surface area (Å²) < 4.78 is 36.0. The van der Waals surface area contributed by atoms with Gasteiger partial charge in [-0.3, -0.25) is 9.69 Å². The first kappa shape index (κ1) is 14.2. The van der Waals surface area contributed by atoms with Crippen LogP contribution in [0.4, 0.5) is 13.2 Å². The van der Waals surface area contributed by atoms with Crippen LogP contribution in [0.2, 0.25) is 0 Å². The maximum absolute atomic E-state index is 12.0. The van der Waals surface area contributed by atoms with Crippen molar-refractivity contribution in [2.45, 2.75) is 25.6 Å². The number of nitrogens with zero attached hydrogens (tertiary/aromatic N) is 2. The summed E-state index contributed by atoms with van der Waals surface area (Å²) in [5, 5.41) is 8.81. The highest BCUT2D eigenvalue weighted by Gasteiger charge is 2.30. The summed E-state index contributed by atoms with van der Waals surface area (Å²) in [5.41, 5.74) is 0. The van der Waals surface area contributed by atoms with Gasteiger partial charge < -0.3 is 10.0 Å². The zero-order valence-corrected chi connectivity index (χ0v) is 9.70. The van der Waals surface area contributed by atoms with Crippen LogP contribution in [0.1, 0.15) is 13.3 Å². The lowest BCUT2D eigenvalue weighted by atomic mass is 10.2. The molecule has 0 aromatic rings. The minimum absolute atomic E-state index is 0.00120. The third-order valence-electron chi connectivity index (χ3n) is 3.02. The molecule has 1 atom stereocenters. The first-order chi connectivity index (χ1) is 7.79. The van der Waals surface area contributed by atoms with Gasteiger partial charge in [0.2, 0.25) is 0 Å². The van der Waals surface area contributed by atoms with E-state index >= 15 is 0 Å². The average Bonchev–Trinajstić information content (AvgIpc) is 2.25. The fourth-order valence-electron chi connectivity index (χ4n) is 1.82. The Morgan fingerprint density at radius 2 is 1.82 bits per heavy atom. The van der Waals surface area contributed by atoms with Crippen LogP contribution in [0.25, 0.3) is 0 Å². The summed E-state index contributed by atoms with van der Waals surface area (Å²) in [5.74, 6) is -0.895. The number of hydrogen-bond acceptors (Lipinski definition) is 3. The summed E-state index contributed by atoms with van der Waals surface area (Å²) in [6.07, 6.45) is -4.92. The fourth-order valence-corrected chi connectivity index (χ4v) is 1.82. The largest absolute Gasteiger partial charge is 0.480 e. The predicted molar refractivity (Wildman–Crippen MR) is 55.8 cm³/mol. The van der Waals surface area contributed by atoms with Crippen molar-refractivity contribution in [2.75, 3.05) is 32.7 Å². The zero-order chi connectivity index (χ0) is 13.1. The SMILES string of the molecule is CC(C(=O)O)N1CCN(CCC(F)(F)F)CC1. The van der Waals surface area contributed by atoms with E-state index in [9.17, 15) is 18.0 Å². The van der Waals surface area contributed by atoms with Crippen molar-refractivity contribution < 1.29 is 23.1 Å². The standard InChI is InChI=1S/C10H17F3N2O2/c1-8(9(16)17)15-6-4-14(5-7-15)3-2-10(11,12)13/h8H,2-7H2,1H3,(H,16,17). The molecule has 0 amide bonds. The maximum atomic E-state index is 12.0. The number of piperazine rings is 1. The molecular formula is C10H17F3N2O2. The molecule has 4 nitrogen and oxygen atoms in total. The summed E-state index contributed by atoms with van der Waals surface area (Å²) in [7, 11) is 0. The number of carboxylic acid groups (broad SMARTS) is 1. The minimum Gasteiger partial charge on any atom is -0.480 e. The summed E-state index contributed by atoms with van der Waals surface area (Å²) >= 11 is 0. The molecule has 1 unspecified atom stereocenters. The Hall–Kier alpha value is -0.820. The molecule has 1 aliphatic rings. The molecule has 0 spiro atoms. The van der Waals surface area contributed by atoms with Gasteiger partial charge in [-0.2, -0.15) is 13.2 Å². The Balaban J connectivity index is 2.29. The van der Waals surface area contributed by atoms with E-state index in [0.29, 0.717) is 26.2 Å². The van der Waals surface area contributed by atoms with Crippen LogP contribution in [-0.4, -0.2) is 65.8 Å². The fraction of sp³-hybridized carbons (Fsp3) is 0.900. The number of alkyl halides is 3. The van der Waals surface area contributed by atoms with Gasteiger partial charge in [0, 0.05) is 32.7 Å². The zero-order valence-electron chi connectivity index (χ0n) is 9.70. The van der Waals surface area contributed by atoms with Gasteiger partial charge in [-0.05, 0) is 6.92 Å². The van der Waals surface area contributed by atoms with Gasteiger partial charge in [-0.1, -0.05) is 0 Å². The van der Waals surface area contributed by atoms with Crippen LogP contribution >= 0.6 is 0 Å². The van der Waals surface area contributed by atoms with E-state index in [1.807, 2.05) is 0 Å². The quantitative estimate of drug-likeness (QED) is 0.813. The van der Waals surface area contributed by atoms with E-state index in [2.05, 4.69) is 0 Å². The van der Waals surface area contributed by atoms with Crippen LogP contribution in [0.3, 0.4) is 0 Å². The highest BCUT2D eigenvalue weighted by molar-refractivity contribution is 5.72. The van der Waals surface area contributed by atoms with E-state index in [-0.39, 0.29) is 6.54 Å². The third kappa shape index (κ3) is 4.91. The molecule has 100 valence electrons. The second kappa shape index (κ2) is 5.68. The topological polar surface area (TPSA) is 43.8 Å². The Bertz CT molecular complexity index is 263. The number of rotatable bonds is 4. The Kier molecular flexibility index (Phi) is 4.76. The van der Waals surface area contributed by atoms with Gasteiger partial charge in [0.25, 0.3) is 0 Å². The van der Waals surface area contributed by atoms with Crippen LogP contribution in [0, 0.1) is 0 Å². The third-order valence-corrected chi connectivity index (χ3v) is 3.02. The van der Waals surface area contributed by atoms with Crippen molar-refractivity contribution in [3.63, 3.8) is 0 Å². The Labute approximate surface area is 98.0 Å². The molecule has 0 radical (unpaired) electrons. The minimum atomic E-state index is -4.12. The monoisotopic (exact) mass is 254 g/mol. The van der Waals surface area contributed by atoms with E-state index in [1.165, 1.54) is 0 Å². The highest BCUT2D eigenvalue weighted by atomic mass is 19.4. The molecule has 0 aliphatic carbocycles. The van der Waals surface area contributed by atoms with Crippen molar-refractivity contribution in [2.24, 2.45) is 0 Å². The molecule has 7 heteroatoms. The Morgan fingerprint density at radius 1 is 1.29 bits per heavy atom. The van der Waals surface area contributed by atoms with Gasteiger partial charge in [0.15, 0.2) is 0 Å². The Morgan fingerprint density at radius 3 is 2.24 bits per heavy atom. The number of carbonyl (C=O) groups is 1. The average molecular weight is 254 g/mol. The first-order valence-electron chi connectivity index (χ1n) is 5.55. The van der Waals surface area contributed by atoms with Crippen molar-refractivity contribution in [1.29, 1.82) is 0 Å². The summed E-state index contributed by atoms with van der Waals surface area (Å²) in [6.45, 7) is 3.59. The van der Waals surface area contributed by atoms with Gasteiger partial charge in [0.1, 0.15) is 6.04 Å². The van der Waals surface area contributed by atoms with Gasteiger partial charge >= 0.3 is 12.1 Å². The molecule has 1 N–H and O–H groups in total. The molecule has 1 saturated heterocycles. The van der Waals surface area contributed by atoms with Crippen LogP contribution in [0.15, 0.2) is 0 Å².